The number of unbranched alkanes of at least 4 members (excludes halogenated alkanes) is 1. The Morgan fingerprint density at radius 1 is 1.20 bits per heavy atom. The van der Waals surface area contributed by atoms with Gasteiger partial charge in [0.05, 0.1) is 11.5 Å². The second-order valence-electron chi connectivity index (χ2n) is 7.84. The minimum absolute atomic E-state index is 0.00353. The van der Waals surface area contributed by atoms with Crippen LogP contribution in [0.3, 0.4) is 0 Å². The van der Waals surface area contributed by atoms with Crippen molar-refractivity contribution in [2.75, 3.05) is 38.5 Å². The van der Waals surface area contributed by atoms with Gasteiger partial charge in [0.15, 0.2) is 5.12 Å². The van der Waals surface area contributed by atoms with Gasteiger partial charge in [-0.3, -0.25) is 4.79 Å². The molecule has 2 rings (SSSR count). The van der Waals surface area contributed by atoms with Gasteiger partial charge in [-0.05, 0) is 63.5 Å². The molecule has 1 fully saturated rings. The summed E-state index contributed by atoms with van der Waals surface area (Å²) in [6.07, 6.45) is 5.60. The molecule has 0 N–H and O–H groups in total. The molecule has 0 saturated carbocycles. The molecule has 30 heavy (non-hydrogen) atoms. The van der Waals surface area contributed by atoms with Crippen LogP contribution in [0.15, 0.2) is 29.2 Å². The minimum Gasteiger partial charge on any atom is -0.494 e. The van der Waals surface area contributed by atoms with Crippen molar-refractivity contribution in [3.8, 4) is 5.75 Å². The average molecular weight is 457 g/mol. The van der Waals surface area contributed by atoms with Crippen LogP contribution in [0.25, 0.3) is 0 Å². The van der Waals surface area contributed by atoms with Gasteiger partial charge in [-0.15, -0.1) is 0 Å². The molecule has 1 saturated heterocycles. The highest BCUT2D eigenvalue weighted by Crippen LogP contribution is 2.23. The van der Waals surface area contributed by atoms with Crippen molar-refractivity contribution in [2.24, 2.45) is 0 Å². The largest absolute Gasteiger partial charge is 0.494 e. The number of nitrogens with zero attached hydrogens (tertiary/aromatic N) is 2. The first-order valence-electron chi connectivity index (χ1n) is 10.9. The summed E-state index contributed by atoms with van der Waals surface area (Å²) in [5.41, 5.74) is 0. The first-order chi connectivity index (χ1) is 14.3. The molecule has 0 spiro atoms. The maximum Gasteiger partial charge on any atom is 0.243 e. The van der Waals surface area contributed by atoms with E-state index in [0.717, 1.165) is 25.9 Å². The number of carbonyl (C=O) groups excluding carboxylic acids is 1. The van der Waals surface area contributed by atoms with E-state index in [4.69, 9.17) is 4.74 Å². The smallest absolute Gasteiger partial charge is 0.243 e. The molecule has 6 nitrogen and oxygen atoms in total. The highest BCUT2D eigenvalue weighted by atomic mass is 32.2. The second kappa shape index (κ2) is 12.7. The number of thioether (sulfide) groups is 1. The van der Waals surface area contributed by atoms with Gasteiger partial charge < -0.3 is 9.64 Å². The van der Waals surface area contributed by atoms with Crippen LogP contribution in [0.2, 0.25) is 0 Å². The summed E-state index contributed by atoms with van der Waals surface area (Å²) in [6.45, 7) is 9.31. The number of hydrogen-bond donors (Lipinski definition) is 0. The van der Waals surface area contributed by atoms with E-state index in [-0.39, 0.29) is 16.1 Å². The van der Waals surface area contributed by atoms with Crippen molar-refractivity contribution >= 4 is 26.9 Å². The first-order valence-corrected chi connectivity index (χ1v) is 13.4. The zero-order chi connectivity index (χ0) is 22.0. The molecule has 170 valence electrons. The van der Waals surface area contributed by atoms with E-state index in [2.05, 4.69) is 11.8 Å². The van der Waals surface area contributed by atoms with Gasteiger partial charge >= 0.3 is 0 Å². The molecule has 8 heteroatoms. The summed E-state index contributed by atoms with van der Waals surface area (Å²) in [4.78, 5) is 14.0. The van der Waals surface area contributed by atoms with Crippen molar-refractivity contribution < 1.29 is 17.9 Å². The molecule has 0 bridgehead atoms. The van der Waals surface area contributed by atoms with Crippen LogP contribution in [0.4, 0.5) is 0 Å². The molecule has 1 atom stereocenters. The molecule has 1 aliphatic rings. The van der Waals surface area contributed by atoms with Gasteiger partial charge in [-0.2, -0.15) is 4.31 Å². The molecular formula is C22H36N2O4S2. The van der Waals surface area contributed by atoms with E-state index in [1.165, 1.54) is 37.9 Å². The predicted octanol–water partition coefficient (Wildman–Crippen LogP) is 4.01. The standard InChI is InChI=1S/C22H36N2O4S2/c1-4-5-17-28-21-9-11-22(12-10-21)30(26,27)24(19(2)18-29-20(3)25)16-15-23-13-7-6-8-14-23/h9-12,19H,4-8,13-18H2,1-3H3. The highest BCUT2D eigenvalue weighted by Gasteiger charge is 2.30. The molecule has 1 aliphatic heterocycles. The van der Waals surface area contributed by atoms with Crippen LogP contribution in [-0.4, -0.2) is 67.3 Å². The Kier molecular flexibility index (Phi) is 10.6. The summed E-state index contributed by atoms with van der Waals surface area (Å²) in [5, 5.41) is 0.00353. The molecule has 1 aromatic carbocycles. The van der Waals surface area contributed by atoms with Crippen LogP contribution in [0.5, 0.6) is 5.75 Å². The molecule has 1 aromatic rings. The van der Waals surface area contributed by atoms with Crippen LogP contribution < -0.4 is 4.74 Å². The van der Waals surface area contributed by atoms with E-state index in [1.54, 1.807) is 28.6 Å². The Bertz CT molecular complexity index is 747. The van der Waals surface area contributed by atoms with Gasteiger partial charge in [-0.25, -0.2) is 8.42 Å². The van der Waals surface area contributed by atoms with Crippen LogP contribution in [0, 0.1) is 0 Å². The topological polar surface area (TPSA) is 66.9 Å². The van der Waals surface area contributed by atoms with Crippen LogP contribution in [0.1, 0.15) is 52.9 Å². The fourth-order valence-corrected chi connectivity index (χ4v) is 5.87. The average Bonchev–Trinajstić information content (AvgIpc) is 2.73. The zero-order valence-corrected chi connectivity index (χ0v) is 20.1. The lowest BCUT2D eigenvalue weighted by molar-refractivity contribution is -0.109. The fraction of sp³-hybridized carbons (Fsp3) is 0.682. The number of hydrogen-bond acceptors (Lipinski definition) is 6. The maximum absolute atomic E-state index is 13.4. The number of ether oxygens (including phenoxy) is 1. The lowest BCUT2D eigenvalue weighted by atomic mass is 10.1. The minimum atomic E-state index is -3.66. The Morgan fingerprint density at radius 3 is 2.47 bits per heavy atom. The van der Waals surface area contributed by atoms with Crippen molar-refractivity contribution in [2.45, 2.75) is 63.8 Å². The molecular weight excluding hydrogens is 420 g/mol. The molecule has 1 unspecified atom stereocenters. The fourth-order valence-electron chi connectivity index (χ4n) is 3.50. The molecule has 0 amide bonds. The van der Waals surface area contributed by atoms with E-state index in [9.17, 15) is 13.2 Å². The van der Waals surface area contributed by atoms with Gasteiger partial charge in [0.1, 0.15) is 5.75 Å². The third-order valence-electron chi connectivity index (χ3n) is 5.30. The Morgan fingerprint density at radius 2 is 1.87 bits per heavy atom. The summed E-state index contributed by atoms with van der Waals surface area (Å²) < 4.78 is 34.1. The number of likely N-dealkylation sites (tertiary alicyclic amines) is 1. The van der Waals surface area contributed by atoms with Gasteiger partial charge in [-0.1, -0.05) is 31.5 Å². The summed E-state index contributed by atoms with van der Waals surface area (Å²) in [7, 11) is -3.66. The van der Waals surface area contributed by atoms with Crippen molar-refractivity contribution in [1.29, 1.82) is 0 Å². The third kappa shape index (κ3) is 7.87. The van der Waals surface area contributed by atoms with Gasteiger partial charge in [0.2, 0.25) is 10.0 Å². The Balaban J connectivity index is 2.13. The lowest BCUT2D eigenvalue weighted by Gasteiger charge is -2.32. The molecule has 0 radical (unpaired) electrons. The number of rotatable bonds is 12. The first kappa shape index (κ1) is 25.2. The van der Waals surface area contributed by atoms with Gasteiger partial charge in [0.25, 0.3) is 0 Å². The number of sulfonamides is 1. The van der Waals surface area contributed by atoms with E-state index >= 15 is 0 Å². The lowest BCUT2D eigenvalue weighted by Crippen LogP contribution is -2.45. The second-order valence-corrected chi connectivity index (χ2v) is 10.9. The maximum atomic E-state index is 13.4. The SMILES string of the molecule is CCCCOc1ccc(S(=O)(=O)N(CCN2CCCCC2)C(C)CSC(C)=O)cc1. The van der Waals surface area contributed by atoms with Crippen LogP contribution >= 0.6 is 11.8 Å². The van der Waals surface area contributed by atoms with E-state index < -0.39 is 10.0 Å². The summed E-state index contributed by atoms with van der Waals surface area (Å²) in [6, 6.07) is 6.42. The molecule has 0 aromatic heterocycles. The van der Waals surface area contributed by atoms with Crippen molar-refractivity contribution in [3.05, 3.63) is 24.3 Å². The predicted molar refractivity (Wildman–Crippen MR) is 124 cm³/mol. The molecule has 1 heterocycles. The highest BCUT2D eigenvalue weighted by molar-refractivity contribution is 8.13. The quantitative estimate of drug-likeness (QED) is 0.443. The number of benzene rings is 1. The zero-order valence-electron chi connectivity index (χ0n) is 18.5. The van der Waals surface area contributed by atoms with E-state index in [1.807, 2.05) is 6.92 Å². The monoisotopic (exact) mass is 456 g/mol. The van der Waals surface area contributed by atoms with E-state index in [0.29, 0.717) is 31.2 Å². The normalized spacial score (nSPS) is 16.5. The third-order valence-corrected chi connectivity index (χ3v) is 8.39. The number of carbonyl (C=O) groups is 1. The summed E-state index contributed by atoms with van der Waals surface area (Å²) in [5.74, 6) is 1.13. The van der Waals surface area contributed by atoms with Gasteiger partial charge in [0, 0.05) is 31.8 Å². The number of piperidine rings is 1. The van der Waals surface area contributed by atoms with Crippen molar-refractivity contribution in [1.82, 2.24) is 9.21 Å². The van der Waals surface area contributed by atoms with Crippen LogP contribution in [-0.2, 0) is 14.8 Å². The van der Waals surface area contributed by atoms with Crippen molar-refractivity contribution in [3.63, 3.8) is 0 Å². The molecule has 0 aliphatic carbocycles. The Hall–Kier alpha value is -1.09. The Labute approximate surface area is 186 Å². The summed E-state index contributed by atoms with van der Waals surface area (Å²) >= 11 is 1.18.